The van der Waals surface area contributed by atoms with E-state index in [2.05, 4.69) is 5.32 Å². The van der Waals surface area contributed by atoms with Crippen LogP contribution in [0.5, 0.6) is 0 Å². The summed E-state index contributed by atoms with van der Waals surface area (Å²) in [6, 6.07) is 14.0. The van der Waals surface area contributed by atoms with Gasteiger partial charge in [0.05, 0.1) is 0 Å². The molecule has 0 unspecified atom stereocenters. The molecule has 90 valence electrons. The van der Waals surface area contributed by atoms with E-state index in [-0.39, 0.29) is 0 Å². The Hall–Kier alpha value is -2.62. The van der Waals surface area contributed by atoms with Gasteiger partial charge in [-0.25, -0.2) is 0 Å². The van der Waals surface area contributed by atoms with Crippen molar-refractivity contribution in [3.05, 3.63) is 54.1 Å². The number of hydrogen-bond donors (Lipinski definition) is 1. The molecular formula is C14H10NO3-. The van der Waals surface area contributed by atoms with Gasteiger partial charge in [0, 0.05) is 11.3 Å². The molecule has 4 nitrogen and oxygen atoms in total. The Balaban J connectivity index is 2.31. The van der Waals surface area contributed by atoms with Crippen LogP contribution in [0, 0.1) is 0 Å². The van der Waals surface area contributed by atoms with Crippen molar-refractivity contribution in [2.24, 2.45) is 0 Å². The molecule has 0 bridgehead atoms. The highest BCUT2D eigenvalue weighted by molar-refractivity contribution is 5.83. The number of anilines is 1. The molecule has 0 fully saturated rings. The number of carboxylic acid groups (broad SMARTS) is 1. The lowest BCUT2D eigenvalue weighted by molar-refractivity contribution is -0.242. The Morgan fingerprint density at radius 1 is 1.06 bits per heavy atom. The summed E-state index contributed by atoms with van der Waals surface area (Å²) in [5.41, 5.74) is 2.82. The first-order valence-corrected chi connectivity index (χ1v) is 5.33. The quantitative estimate of drug-likeness (QED) is 0.833. The summed E-state index contributed by atoms with van der Waals surface area (Å²) in [5.74, 6) is 0. The molecule has 0 aromatic heterocycles. The normalized spacial score (nSPS) is 9.78. The van der Waals surface area contributed by atoms with Crippen molar-refractivity contribution >= 4 is 18.1 Å². The highest BCUT2D eigenvalue weighted by atomic mass is 16.4. The zero-order valence-corrected chi connectivity index (χ0v) is 9.42. The SMILES string of the molecule is O=Cc1ccc(-c2cccc(NC(=O)[O-])c2)cc1. The van der Waals surface area contributed by atoms with E-state index in [1.807, 2.05) is 18.2 Å². The largest absolute Gasteiger partial charge is 0.530 e. The third kappa shape index (κ3) is 2.74. The van der Waals surface area contributed by atoms with E-state index in [4.69, 9.17) is 0 Å². The van der Waals surface area contributed by atoms with Gasteiger partial charge in [0.2, 0.25) is 0 Å². The van der Waals surface area contributed by atoms with Crippen LogP contribution < -0.4 is 10.4 Å². The lowest BCUT2D eigenvalue weighted by atomic mass is 10.0. The number of rotatable bonds is 3. The highest BCUT2D eigenvalue weighted by Gasteiger charge is 1.99. The van der Waals surface area contributed by atoms with Crippen LogP contribution in [0.3, 0.4) is 0 Å². The Kier molecular flexibility index (Phi) is 3.38. The summed E-state index contributed by atoms with van der Waals surface area (Å²) < 4.78 is 0. The van der Waals surface area contributed by atoms with Crippen LogP contribution in [0.4, 0.5) is 10.5 Å². The van der Waals surface area contributed by atoms with Gasteiger partial charge in [-0.2, -0.15) is 0 Å². The van der Waals surface area contributed by atoms with Gasteiger partial charge in [0.25, 0.3) is 0 Å². The second kappa shape index (κ2) is 5.14. The first kappa shape index (κ1) is 11.9. The molecule has 0 atom stereocenters. The summed E-state index contributed by atoms with van der Waals surface area (Å²) in [7, 11) is 0. The maximum atomic E-state index is 10.5. The molecule has 2 aromatic rings. The zero-order chi connectivity index (χ0) is 13.0. The molecule has 0 aliphatic carbocycles. The van der Waals surface area contributed by atoms with Gasteiger partial charge in [-0.05, 0) is 23.3 Å². The molecule has 0 aliphatic heterocycles. The second-order valence-electron chi connectivity index (χ2n) is 3.73. The van der Waals surface area contributed by atoms with Crippen molar-refractivity contribution in [2.75, 3.05) is 5.32 Å². The number of nitrogens with one attached hydrogen (secondary N) is 1. The Morgan fingerprint density at radius 2 is 1.78 bits per heavy atom. The molecule has 4 heteroatoms. The zero-order valence-electron chi connectivity index (χ0n) is 9.42. The van der Waals surface area contributed by atoms with Crippen LogP contribution >= 0.6 is 0 Å². The molecule has 0 spiro atoms. The first-order valence-electron chi connectivity index (χ1n) is 5.33. The predicted octanol–water partition coefficient (Wildman–Crippen LogP) is 1.92. The van der Waals surface area contributed by atoms with E-state index in [9.17, 15) is 14.7 Å². The summed E-state index contributed by atoms with van der Waals surface area (Å²) >= 11 is 0. The van der Waals surface area contributed by atoms with Gasteiger partial charge < -0.3 is 15.2 Å². The molecule has 0 aliphatic rings. The number of benzene rings is 2. The molecule has 18 heavy (non-hydrogen) atoms. The smallest absolute Gasteiger partial charge is 0.150 e. The minimum absolute atomic E-state index is 0.451. The summed E-state index contributed by atoms with van der Waals surface area (Å²) in [4.78, 5) is 21.0. The molecule has 0 saturated carbocycles. The summed E-state index contributed by atoms with van der Waals surface area (Å²) in [5, 5.41) is 12.6. The Bertz CT molecular complexity index is 576. The summed E-state index contributed by atoms with van der Waals surface area (Å²) in [6.45, 7) is 0. The Labute approximate surface area is 104 Å². The van der Waals surface area contributed by atoms with Crippen LogP contribution in [-0.4, -0.2) is 12.4 Å². The van der Waals surface area contributed by atoms with E-state index in [0.29, 0.717) is 11.3 Å². The monoisotopic (exact) mass is 240 g/mol. The Morgan fingerprint density at radius 3 is 2.39 bits per heavy atom. The topological polar surface area (TPSA) is 69.2 Å². The fraction of sp³-hybridized carbons (Fsp3) is 0. The molecule has 1 N–H and O–H groups in total. The number of carbonyl (C=O) groups is 2. The minimum atomic E-state index is -1.34. The molecule has 0 saturated heterocycles. The molecular weight excluding hydrogens is 230 g/mol. The molecule has 0 radical (unpaired) electrons. The average Bonchev–Trinajstić information content (AvgIpc) is 2.38. The van der Waals surface area contributed by atoms with Crippen molar-refractivity contribution < 1.29 is 14.7 Å². The minimum Gasteiger partial charge on any atom is -0.530 e. The van der Waals surface area contributed by atoms with Gasteiger partial charge in [-0.1, -0.05) is 36.4 Å². The molecule has 1 amide bonds. The third-order valence-corrected chi connectivity index (χ3v) is 2.49. The fourth-order valence-electron chi connectivity index (χ4n) is 1.65. The van der Waals surface area contributed by atoms with Crippen LogP contribution in [0.25, 0.3) is 11.1 Å². The number of aldehydes is 1. The standard InChI is InChI=1S/C14H11NO3/c16-9-10-4-6-11(7-5-10)12-2-1-3-13(8-12)15-14(17)18/h1-9,15H,(H,17,18)/p-1. The van der Waals surface area contributed by atoms with Gasteiger partial charge in [0.15, 0.2) is 0 Å². The van der Waals surface area contributed by atoms with Crippen LogP contribution in [0.15, 0.2) is 48.5 Å². The predicted molar refractivity (Wildman–Crippen MR) is 66.3 cm³/mol. The first-order chi connectivity index (χ1) is 8.69. The average molecular weight is 240 g/mol. The second-order valence-corrected chi connectivity index (χ2v) is 3.73. The van der Waals surface area contributed by atoms with Crippen molar-refractivity contribution in [1.29, 1.82) is 0 Å². The highest BCUT2D eigenvalue weighted by Crippen LogP contribution is 2.22. The van der Waals surface area contributed by atoms with Crippen molar-refractivity contribution in [3.63, 3.8) is 0 Å². The molecule has 2 rings (SSSR count). The maximum absolute atomic E-state index is 10.5. The number of hydrogen-bond acceptors (Lipinski definition) is 3. The van der Waals surface area contributed by atoms with Crippen molar-refractivity contribution in [1.82, 2.24) is 0 Å². The van der Waals surface area contributed by atoms with Crippen LogP contribution in [0.2, 0.25) is 0 Å². The van der Waals surface area contributed by atoms with Gasteiger partial charge in [-0.3, -0.25) is 4.79 Å². The lowest BCUT2D eigenvalue weighted by Crippen LogP contribution is -2.28. The van der Waals surface area contributed by atoms with E-state index < -0.39 is 6.09 Å². The van der Waals surface area contributed by atoms with Crippen LogP contribution in [-0.2, 0) is 0 Å². The van der Waals surface area contributed by atoms with Gasteiger partial charge in [0.1, 0.15) is 12.4 Å². The lowest BCUT2D eigenvalue weighted by Gasteiger charge is -2.08. The van der Waals surface area contributed by atoms with E-state index in [1.165, 1.54) is 0 Å². The maximum Gasteiger partial charge on any atom is 0.150 e. The number of amides is 1. The van der Waals surface area contributed by atoms with Crippen molar-refractivity contribution in [2.45, 2.75) is 0 Å². The van der Waals surface area contributed by atoms with E-state index in [1.54, 1.807) is 30.3 Å². The van der Waals surface area contributed by atoms with Crippen LogP contribution in [0.1, 0.15) is 10.4 Å². The van der Waals surface area contributed by atoms with E-state index in [0.717, 1.165) is 17.4 Å². The number of carbonyl (C=O) groups excluding carboxylic acids is 2. The van der Waals surface area contributed by atoms with Gasteiger partial charge >= 0.3 is 0 Å². The molecule has 0 heterocycles. The third-order valence-electron chi connectivity index (χ3n) is 2.49. The fourth-order valence-corrected chi connectivity index (χ4v) is 1.65. The van der Waals surface area contributed by atoms with E-state index >= 15 is 0 Å². The van der Waals surface area contributed by atoms with Gasteiger partial charge in [-0.15, -0.1) is 0 Å². The molecule has 2 aromatic carbocycles. The summed E-state index contributed by atoms with van der Waals surface area (Å²) in [6.07, 6.45) is -0.568. The van der Waals surface area contributed by atoms with Crippen molar-refractivity contribution in [3.8, 4) is 11.1 Å².